The number of unbranched alkanes of at least 4 members (excludes halogenated alkanes) is 1. The number of benzene rings is 2. The second-order valence-corrected chi connectivity index (χ2v) is 11.4. The van der Waals surface area contributed by atoms with Crippen molar-refractivity contribution in [1.82, 2.24) is 10.2 Å². The molecule has 0 aliphatic carbocycles. The number of carbonyl (C=O) groups is 2. The van der Waals surface area contributed by atoms with Crippen molar-refractivity contribution in [3.8, 4) is 5.75 Å². The van der Waals surface area contributed by atoms with Crippen LogP contribution in [0.15, 0.2) is 46.9 Å². The van der Waals surface area contributed by atoms with Crippen LogP contribution in [0.25, 0.3) is 0 Å². The lowest BCUT2D eigenvalue weighted by atomic mass is 10.1. The Hall–Kier alpha value is -2.59. The Bertz CT molecular complexity index is 1160. The Balaban J connectivity index is 2.44. The molecule has 0 aromatic heterocycles. The van der Waals surface area contributed by atoms with Crippen molar-refractivity contribution in [2.75, 3.05) is 30.8 Å². The van der Waals surface area contributed by atoms with E-state index in [0.717, 1.165) is 39.0 Å². The topological polar surface area (TPSA) is 96.0 Å². The first-order valence-electron chi connectivity index (χ1n) is 12.0. The number of halogens is 1. The fourth-order valence-corrected chi connectivity index (χ4v) is 4.88. The van der Waals surface area contributed by atoms with Gasteiger partial charge in [0.1, 0.15) is 18.3 Å². The number of sulfonamides is 1. The first-order chi connectivity index (χ1) is 17.0. The minimum Gasteiger partial charge on any atom is -0.497 e. The van der Waals surface area contributed by atoms with Crippen molar-refractivity contribution in [1.29, 1.82) is 0 Å². The van der Waals surface area contributed by atoms with Gasteiger partial charge in [-0.25, -0.2) is 8.42 Å². The molecule has 0 saturated carbocycles. The van der Waals surface area contributed by atoms with Crippen LogP contribution in [0.1, 0.15) is 44.2 Å². The summed E-state index contributed by atoms with van der Waals surface area (Å²) in [5, 5.41) is 2.91. The molecule has 0 fully saturated rings. The third-order valence-electron chi connectivity index (χ3n) is 5.81. The molecule has 8 nitrogen and oxygen atoms in total. The number of nitrogens with zero attached hydrogens (tertiary/aromatic N) is 2. The molecule has 0 bridgehead atoms. The van der Waals surface area contributed by atoms with Crippen LogP contribution in [0, 0.1) is 6.92 Å². The molecule has 1 atom stereocenters. The summed E-state index contributed by atoms with van der Waals surface area (Å²) in [5.41, 5.74) is 1.99. The molecule has 2 rings (SSSR count). The molecule has 0 unspecified atom stereocenters. The van der Waals surface area contributed by atoms with Crippen molar-refractivity contribution in [2.24, 2.45) is 0 Å². The average Bonchev–Trinajstić information content (AvgIpc) is 2.83. The summed E-state index contributed by atoms with van der Waals surface area (Å²) in [6.07, 6.45) is 3.21. The summed E-state index contributed by atoms with van der Waals surface area (Å²) in [4.78, 5) is 28.3. The molecule has 0 aliphatic rings. The highest BCUT2D eigenvalue weighted by Crippen LogP contribution is 2.25. The molecular formula is C26H36BrN3O5S. The number of ether oxygens (including phenoxy) is 1. The SMILES string of the molecule is CCCCNC(=O)[C@@H](CC)N(Cc1cccc(OC)c1)C(=O)CN(c1ccc(Br)c(C)c1)S(C)(=O)=O. The molecule has 2 amide bonds. The summed E-state index contributed by atoms with van der Waals surface area (Å²) < 4.78 is 32.7. The number of amides is 2. The van der Waals surface area contributed by atoms with Gasteiger partial charge >= 0.3 is 0 Å². The maximum absolute atomic E-state index is 13.7. The molecule has 2 aromatic rings. The Morgan fingerprint density at radius 1 is 1.14 bits per heavy atom. The normalized spacial score (nSPS) is 12.1. The maximum Gasteiger partial charge on any atom is 0.244 e. The van der Waals surface area contributed by atoms with Crippen LogP contribution in [-0.2, 0) is 26.2 Å². The van der Waals surface area contributed by atoms with Crippen LogP contribution in [-0.4, -0.2) is 57.6 Å². The minimum atomic E-state index is -3.78. The van der Waals surface area contributed by atoms with E-state index in [1.54, 1.807) is 37.4 Å². The second-order valence-electron chi connectivity index (χ2n) is 8.64. The van der Waals surface area contributed by atoms with Gasteiger partial charge in [-0.15, -0.1) is 0 Å². The zero-order valence-electron chi connectivity index (χ0n) is 21.6. The second kappa shape index (κ2) is 13.6. The zero-order valence-corrected chi connectivity index (χ0v) is 24.0. The molecule has 0 radical (unpaired) electrons. The predicted molar refractivity (Wildman–Crippen MR) is 147 cm³/mol. The van der Waals surface area contributed by atoms with E-state index >= 15 is 0 Å². The van der Waals surface area contributed by atoms with E-state index in [0.29, 0.717) is 24.4 Å². The number of hydrogen-bond acceptors (Lipinski definition) is 5. The Morgan fingerprint density at radius 2 is 1.86 bits per heavy atom. The fraction of sp³-hybridized carbons (Fsp3) is 0.462. The predicted octanol–water partition coefficient (Wildman–Crippen LogP) is 4.26. The third-order valence-corrected chi connectivity index (χ3v) is 7.84. The molecule has 0 saturated heterocycles. The lowest BCUT2D eigenvalue weighted by Crippen LogP contribution is -2.52. The van der Waals surface area contributed by atoms with Crippen LogP contribution in [0.4, 0.5) is 5.69 Å². The highest BCUT2D eigenvalue weighted by atomic mass is 79.9. The van der Waals surface area contributed by atoms with Crippen molar-refractivity contribution in [2.45, 2.75) is 52.6 Å². The van der Waals surface area contributed by atoms with Crippen molar-refractivity contribution < 1.29 is 22.7 Å². The smallest absolute Gasteiger partial charge is 0.244 e. The molecule has 1 N–H and O–H groups in total. The summed E-state index contributed by atoms with van der Waals surface area (Å²) in [6.45, 7) is 5.93. The van der Waals surface area contributed by atoms with Gasteiger partial charge in [0.2, 0.25) is 21.8 Å². The van der Waals surface area contributed by atoms with E-state index in [9.17, 15) is 18.0 Å². The van der Waals surface area contributed by atoms with Gasteiger partial charge in [0.05, 0.1) is 19.1 Å². The molecule has 0 spiro atoms. The van der Waals surface area contributed by atoms with Crippen LogP contribution in [0.5, 0.6) is 5.75 Å². The van der Waals surface area contributed by atoms with Crippen molar-refractivity contribution >= 4 is 43.5 Å². The minimum absolute atomic E-state index is 0.132. The number of hydrogen-bond donors (Lipinski definition) is 1. The van der Waals surface area contributed by atoms with E-state index in [2.05, 4.69) is 21.2 Å². The van der Waals surface area contributed by atoms with Crippen molar-refractivity contribution in [3.63, 3.8) is 0 Å². The van der Waals surface area contributed by atoms with Gasteiger partial charge in [-0.1, -0.05) is 48.3 Å². The van der Waals surface area contributed by atoms with E-state index in [4.69, 9.17) is 4.74 Å². The Labute approximate surface area is 223 Å². The number of rotatable bonds is 13. The quantitative estimate of drug-likeness (QED) is 0.357. The fourth-order valence-electron chi connectivity index (χ4n) is 3.79. The van der Waals surface area contributed by atoms with Gasteiger partial charge in [0, 0.05) is 17.6 Å². The van der Waals surface area contributed by atoms with E-state index in [1.807, 2.05) is 32.9 Å². The third kappa shape index (κ3) is 8.23. The lowest BCUT2D eigenvalue weighted by Gasteiger charge is -2.33. The van der Waals surface area contributed by atoms with Crippen LogP contribution in [0.2, 0.25) is 0 Å². The largest absolute Gasteiger partial charge is 0.497 e. The molecule has 36 heavy (non-hydrogen) atoms. The first kappa shape index (κ1) is 29.6. The average molecular weight is 583 g/mol. The van der Waals surface area contributed by atoms with Crippen molar-refractivity contribution in [3.05, 3.63) is 58.1 Å². The number of aryl methyl sites for hydroxylation is 1. The monoisotopic (exact) mass is 581 g/mol. The Morgan fingerprint density at radius 3 is 2.44 bits per heavy atom. The summed E-state index contributed by atoms with van der Waals surface area (Å²) >= 11 is 3.42. The molecule has 0 heterocycles. The first-order valence-corrected chi connectivity index (χ1v) is 14.6. The highest BCUT2D eigenvalue weighted by Gasteiger charge is 2.31. The van der Waals surface area contributed by atoms with Gasteiger partial charge in [-0.05, 0) is 61.2 Å². The van der Waals surface area contributed by atoms with Gasteiger partial charge in [-0.3, -0.25) is 13.9 Å². The van der Waals surface area contributed by atoms with Crippen LogP contribution < -0.4 is 14.4 Å². The van der Waals surface area contributed by atoms with Gasteiger partial charge in [-0.2, -0.15) is 0 Å². The van der Waals surface area contributed by atoms with E-state index < -0.39 is 28.5 Å². The maximum atomic E-state index is 13.7. The molecule has 0 aliphatic heterocycles. The number of nitrogens with one attached hydrogen (secondary N) is 1. The lowest BCUT2D eigenvalue weighted by molar-refractivity contribution is -0.140. The highest BCUT2D eigenvalue weighted by molar-refractivity contribution is 9.10. The summed E-state index contributed by atoms with van der Waals surface area (Å²) in [6, 6.07) is 11.6. The van der Waals surface area contributed by atoms with E-state index in [-0.39, 0.29) is 12.5 Å². The number of carbonyl (C=O) groups excluding carboxylic acids is 2. The van der Waals surface area contributed by atoms with E-state index in [1.165, 1.54) is 4.90 Å². The van der Waals surface area contributed by atoms with Gasteiger partial charge < -0.3 is 15.0 Å². The summed E-state index contributed by atoms with van der Waals surface area (Å²) in [7, 11) is -2.22. The Kier molecular flexibility index (Phi) is 11.2. The number of anilines is 1. The van der Waals surface area contributed by atoms with Crippen LogP contribution in [0.3, 0.4) is 0 Å². The molecule has 198 valence electrons. The molecular weight excluding hydrogens is 546 g/mol. The standard InChI is InChI=1S/C26H36BrN3O5S/c1-6-8-14-28-26(32)24(7-2)29(17-20-10-9-11-22(16-20)35-4)25(31)18-30(36(5,33)34)21-12-13-23(27)19(3)15-21/h9-13,15-16,24H,6-8,14,17-18H2,1-5H3,(H,28,32)/t24-/m1/s1. The molecule has 2 aromatic carbocycles. The van der Waals surface area contributed by atoms with Crippen LogP contribution >= 0.6 is 15.9 Å². The number of methoxy groups -OCH3 is 1. The zero-order chi connectivity index (χ0) is 26.9. The molecule has 10 heteroatoms. The van der Waals surface area contributed by atoms with Gasteiger partial charge in [0.25, 0.3) is 0 Å². The summed E-state index contributed by atoms with van der Waals surface area (Å²) in [5.74, 6) is -0.0997. The van der Waals surface area contributed by atoms with Gasteiger partial charge in [0.15, 0.2) is 0 Å².